The van der Waals surface area contributed by atoms with E-state index in [1.807, 2.05) is 18.2 Å². The summed E-state index contributed by atoms with van der Waals surface area (Å²) in [4.78, 5) is 0. The first kappa shape index (κ1) is 12.1. The lowest BCUT2D eigenvalue weighted by Crippen LogP contribution is -2.38. The standard InChI is InChI=1S/C14H18N2O/c1-11-7-8-14(17-11)13(9-15)16-10-12-5-3-2-4-6-12/h2-6,11,13-14,16H,7-8,10H2,1H3. The molecule has 3 nitrogen and oxygen atoms in total. The second kappa shape index (κ2) is 5.81. The Bertz CT molecular complexity index is 385. The summed E-state index contributed by atoms with van der Waals surface area (Å²) >= 11 is 0. The third-order valence-electron chi connectivity index (χ3n) is 3.14. The summed E-state index contributed by atoms with van der Waals surface area (Å²) in [5.41, 5.74) is 1.19. The van der Waals surface area contributed by atoms with Crippen LogP contribution >= 0.6 is 0 Å². The van der Waals surface area contributed by atoms with E-state index in [2.05, 4.69) is 30.4 Å². The summed E-state index contributed by atoms with van der Waals surface area (Å²) in [5.74, 6) is 0. The highest BCUT2D eigenvalue weighted by molar-refractivity contribution is 5.15. The van der Waals surface area contributed by atoms with Gasteiger partial charge in [-0.05, 0) is 25.3 Å². The van der Waals surface area contributed by atoms with E-state index < -0.39 is 0 Å². The number of ether oxygens (including phenoxy) is 1. The van der Waals surface area contributed by atoms with Gasteiger partial charge in [-0.3, -0.25) is 5.32 Å². The first-order valence-electron chi connectivity index (χ1n) is 6.12. The average molecular weight is 230 g/mol. The molecule has 3 heteroatoms. The van der Waals surface area contributed by atoms with Crippen LogP contribution in [-0.2, 0) is 11.3 Å². The van der Waals surface area contributed by atoms with Crippen LogP contribution in [0, 0.1) is 11.3 Å². The molecule has 90 valence electrons. The molecule has 0 amide bonds. The van der Waals surface area contributed by atoms with E-state index in [-0.39, 0.29) is 18.2 Å². The molecule has 0 aromatic heterocycles. The van der Waals surface area contributed by atoms with E-state index in [1.54, 1.807) is 0 Å². The quantitative estimate of drug-likeness (QED) is 0.862. The van der Waals surface area contributed by atoms with Crippen molar-refractivity contribution in [2.24, 2.45) is 0 Å². The van der Waals surface area contributed by atoms with Crippen LogP contribution < -0.4 is 5.32 Å². The lowest BCUT2D eigenvalue weighted by atomic mass is 10.1. The highest BCUT2D eigenvalue weighted by atomic mass is 16.5. The summed E-state index contributed by atoms with van der Waals surface area (Å²) in [6, 6.07) is 12.2. The molecule has 1 aromatic carbocycles. The third kappa shape index (κ3) is 3.29. The van der Waals surface area contributed by atoms with Gasteiger partial charge in [0.25, 0.3) is 0 Å². The van der Waals surface area contributed by atoms with Crippen molar-refractivity contribution >= 4 is 0 Å². The normalized spacial score (nSPS) is 25.4. The molecule has 17 heavy (non-hydrogen) atoms. The molecule has 1 saturated heterocycles. The molecule has 2 rings (SSSR count). The number of hydrogen-bond acceptors (Lipinski definition) is 3. The fourth-order valence-electron chi connectivity index (χ4n) is 2.16. The van der Waals surface area contributed by atoms with E-state index in [1.165, 1.54) is 5.56 Å². The molecule has 1 aliphatic heterocycles. The maximum atomic E-state index is 9.16. The van der Waals surface area contributed by atoms with Gasteiger partial charge in [-0.15, -0.1) is 0 Å². The van der Waals surface area contributed by atoms with E-state index in [0.717, 1.165) is 12.8 Å². The Balaban J connectivity index is 1.86. The summed E-state index contributed by atoms with van der Waals surface area (Å²) in [5, 5.41) is 12.4. The van der Waals surface area contributed by atoms with Gasteiger partial charge in [-0.1, -0.05) is 30.3 Å². The third-order valence-corrected chi connectivity index (χ3v) is 3.14. The molecule has 1 heterocycles. The zero-order valence-electron chi connectivity index (χ0n) is 10.1. The van der Waals surface area contributed by atoms with Gasteiger partial charge in [-0.2, -0.15) is 5.26 Å². The second-order valence-corrected chi connectivity index (χ2v) is 4.54. The fourth-order valence-corrected chi connectivity index (χ4v) is 2.16. The first-order valence-corrected chi connectivity index (χ1v) is 6.12. The molecule has 0 aliphatic carbocycles. The Morgan fingerprint density at radius 3 is 2.76 bits per heavy atom. The van der Waals surface area contributed by atoms with Crippen LogP contribution in [0.5, 0.6) is 0 Å². The van der Waals surface area contributed by atoms with Crippen molar-refractivity contribution in [1.29, 1.82) is 5.26 Å². The molecular weight excluding hydrogens is 212 g/mol. The SMILES string of the molecule is CC1CCC(C(C#N)NCc2ccccc2)O1. The Labute approximate surface area is 102 Å². The number of nitrogens with one attached hydrogen (secondary N) is 1. The van der Waals surface area contributed by atoms with Crippen molar-refractivity contribution in [2.45, 2.75) is 44.6 Å². The van der Waals surface area contributed by atoms with Crippen LogP contribution in [0.2, 0.25) is 0 Å². The van der Waals surface area contributed by atoms with Gasteiger partial charge in [0.15, 0.2) is 0 Å². The minimum atomic E-state index is -0.208. The predicted octanol–water partition coefficient (Wildman–Crippen LogP) is 2.24. The molecule has 1 N–H and O–H groups in total. The van der Waals surface area contributed by atoms with Crippen molar-refractivity contribution in [3.63, 3.8) is 0 Å². The summed E-state index contributed by atoms with van der Waals surface area (Å²) < 4.78 is 5.72. The summed E-state index contributed by atoms with van der Waals surface area (Å²) in [6.07, 6.45) is 2.35. The molecule has 1 aliphatic rings. The van der Waals surface area contributed by atoms with Crippen LogP contribution in [0.3, 0.4) is 0 Å². The average Bonchev–Trinajstić information content (AvgIpc) is 2.78. The highest BCUT2D eigenvalue weighted by Crippen LogP contribution is 2.21. The van der Waals surface area contributed by atoms with Crippen LogP contribution in [0.4, 0.5) is 0 Å². The Morgan fingerprint density at radius 2 is 2.18 bits per heavy atom. The zero-order chi connectivity index (χ0) is 12.1. The lowest BCUT2D eigenvalue weighted by Gasteiger charge is -2.18. The van der Waals surface area contributed by atoms with Gasteiger partial charge < -0.3 is 4.74 Å². The zero-order valence-corrected chi connectivity index (χ0v) is 10.1. The largest absolute Gasteiger partial charge is 0.373 e. The molecule has 3 atom stereocenters. The first-order chi connectivity index (χ1) is 8.29. The van der Waals surface area contributed by atoms with Crippen LogP contribution in [-0.4, -0.2) is 18.2 Å². The van der Waals surface area contributed by atoms with E-state index >= 15 is 0 Å². The van der Waals surface area contributed by atoms with Gasteiger partial charge in [0.05, 0.1) is 18.3 Å². The van der Waals surface area contributed by atoms with Gasteiger partial charge in [0.1, 0.15) is 6.04 Å². The number of rotatable bonds is 4. The molecule has 0 spiro atoms. The van der Waals surface area contributed by atoms with E-state index in [9.17, 15) is 0 Å². The van der Waals surface area contributed by atoms with Gasteiger partial charge in [0, 0.05) is 6.54 Å². The van der Waals surface area contributed by atoms with Crippen molar-refractivity contribution in [2.75, 3.05) is 0 Å². The van der Waals surface area contributed by atoms with E-state index in [0.29, 0.717) is 6.54 Å². The predicted molar refractivity (Wildman–Crippen MR) is 66.3 cm³/mol. The molecule has 1 fully saturated rings. The highest BCUT2D eigenvalue weighted by Gasteiger charge is 2.29. The number of nitrogens with zero attached hydrogens (tertiary/aromatic N) is 1. The minimum Gasteiger partial charge on any atom is -0.373 e. The summed E-state index contributed by atoms with van der Waals surface area (Å²) in [7, 11) is 0. The van der Waals surface area contributed by atoms with Gasteiger partial charge in [-0.25, -0.2) is 0 Å². The molecule has 3 unspecified atom stereocenters. The van der Waals surface area contributed by atoms with Crippen molar-refractivity contribution in [3.8, 4) is 6.07 Å². The number of nitriles is 1. The molecule has 0 bridgehead atoms. The van der Waals surface area contributed by atoms with Crippen molar-refractivity contribution < 1.29 is 4.74 Å². The van der Waals surface area contributed by atoms with E-state index in [4.69, 9.17) is 10.00 Å². The smallest absolute Gasteiger partial charge is 0.122 e. The van der Waals surface area contributed by atoms with Gasteiger partial charge in [0.2, 0.25) is 0 Å². The minimum absolute atomic E-state index is 0.0405. The van der Waals surface area contributed by atoms with Gasteiger partial charge >= 0.3 is 0 Å². The Hall–Kier alpha value is -1.37. The summed E-state index contributed by atoms with van der Waals surface area (Å²) in [6.45, 7) is 2.78. The molecule has 0 radical (unpaired) electrons. The Morgan fingerprint density at radius 1 is 1.41 bits per heavy atom. The number of benzene rings is 1. The molecule has 1 aromatic rings. The lowest BCUT2D eigenvalue weighted by molar-refractivity contribution is 0.0429. The maximum absolute atomic E-state index is 9.16. The van der Waals surface area contributed by atoms with Crippen LogP contribution in [0.15, 0.2) is 30.3 Å². The van der Waals surface area contributed by atoms with Crippen molar-refractivity contribution in [1.82, 2.24) is 5.32 Å². The maximum Gasteiger partial charge on any atom is 0.122 e. The molecule has 0 saturated carbocycles. The molecular formula is C14H18N2O. The Kier molecular flexibility index (Phi) is 4.13. The fraction of sp³-hybridized carbons (Fsp3) is 0.500. The van der Waals surface area contributed by atoms with Crippen LogP contribution in [0.1, 0.15) is 25.3 Å². The number of hydrogen-bond donors (Lipinski definition) is 1. The topological polar surface area (TPSA) is 45.0 Å². The second-order valence-electron chi connectivity index (χ2n) is 4.54. The van der Waals surface area contributed by atoms with Crippen molar-refractivity contribution in [3.05, 3.63) is 35.9 Å². The monoisotopic (exact) mass is 230 g/mol. The van der Waals surface area contributed by atoms with Crippen LogP contribution in [0.25, 0.3) is 0 Å².